The largest absolute Gasteiger partial charge is 0.480 e. The van der Waals surface area contributed by atoms with Crippen molar-refractivity contribution < 1.29 is 19.4 Å². The maximum absolute atomic E-state index is 11.4. The van der Waals surface area contributed by atoms with E-state index in [0.717, 1.165) is 18.5 Å². The van der Waals surface area contributed by atoms with Crippen LogP contribution in [0.3, 0.4) is 0 Å². The lowest BCUT2D eigenvalue weighted by molar-refractivity contribution is -0.139. The van der Waals surface area contributed by atoms with Crippen LogP contribution in [0, 0.1) is 5.92 Å². The third-order valence-corrected chi connectivity index (χ3v) is 5.70. The molecule has 0 aromatic carbocycles. The zero-order valence-corrected chi connectivity index (χ0v) is 20.0. The predicted octanol–water partition coefficient (Wildman–Crippen LogP) is 5.64. The molecular formula is C24H46N2O4. The minimum atomic E-state index is -1.03. The molecule has 0 aromatic heterocycles. The molecule has 2 aliphatic carbocycles. The van der Waals surface area contributed by atoms with Crippen molar-refractivity contribution in [1.82, 2.24) is 10.6 Å². The van der Waals surface area contributed by atoms with E-state index in [2.05, 4.69) is 10.6 Å². The average Bonchev–Trinajstić information content (AvgIpc) is 2.65. The predicted molar refractivity (Wildman–Crippen MR) is 122 cm³/mol. The first-order valence-corrected chi connectivity index (χ1v) is 12.0. The molecule has 3 N–H and O–H groups in total. The van der Waals surface area contributed by atoms with Crippen molar-refractivity contribution >= 4 is 12.1 Å². The standard InChI is InChI=1S/C12H23NO4.C12H23N/c1-8(2)6-7-9(10(14)15)13-11(16)17-12(3,4)5;1-3-7-11(8-4-1)13-12-9-5-2-6-10-12/h8-9H,6-7H2,1-5H3,(H,13,16)(H,14,15);11-13H,1-10H2/t9-;/m0./s1. The van der Waals surface area contributed by atoms with Gasteiger partial charge in [-0.2, -0.15) is 0 Å². The van der Waals surface area contributed by atoms with Crippen molar-refractivity contribution in [3.8, 4) is 0 Å². The van der Waals surface area contributed by atoms with Crippen LogP contribution < -0.4 is 10.6 Å². The van der Waals surface area contributed by atoms with E-state index in [9.17, 15) is 9.59 Å². The van der Waals surface area contributed by atoms with Crippen LogP contribution in [-0.4, -0.2) is 40.9 Å². The number of ether oxygens (including phenoxy) is 1. The van der Waals surface area contributed by atoms with Crippen molar-refractivity contribution in [2.75, 3.05) is 0 Å². The zero-order valence-electron chi connectivity index (χ0n) is 20.0. The van der Waals surface area contributed by atoms with Crippen molar-refractivity contribution in [2.24, 2.45) is 5.92 Å². The molecule has 0 radical (unpaired) electrons. The number of alkyl carbamates (subject to hydrolysis) is 1. The van der Waals surface area contributed by atoms with Gasteiger partial charge in [-0.25, -0.2) is 9.59 Å². The highest BCUT2D eigenvalue weighted by Gasteiger charge is 2.24. The van der Waals surface area contributed by atoms with Gasteiger partial charge in [-0.05, 0) is 65.2 Å². The van der Waals surface area contributed by atoms with Crippen molar-refractivity contribution in [3.63, 3.8) is 0 Å². The van der Waals surface area contributed by atoms with E-state index in [1.165, 1.54) is 64.2 Å². The summed E-state index contributed by atoms with van der Waals surface area (Å²) < 4.78 is 5.01. The van der Waals surface area contributed by atoms with Crippen molar-refractivity contribution in [2.45, 2.75) is 135 Å². The maximum Gasteiger partial charge on any atom is 0.408 e. The maximum atomic E-state index is 11.4. The number of amides is 1. The molecule has 2 fully saturated rings. The monoisotopic (exact) mass is 426 g/mol. The topological polar surface area (TPSA) is 87.7 Å². The van der Waals surface area contributed by atoms with E-state index in [0.29, 0.717) is 12.3 Å². The fourth-order valence-corrected chi connectivity index (χ4v) is 4.08. The quantitative estimate of drug-likeness (QED) is 0.490. The average molecular weight is 427 g/mol. The van der Waals surface area contributed by atoms with E-state index in [4.69, 9.17) is 9.84 Å². The highest BCUT2D eigenvalue weighted by Crippen LogP contribution is 2.22. The van der Waals surface area contributed by atoms with Gasteiger partial charge in [-0.3, -0.25) is 0 Å². The van der Waals surface area contributed by atoms with E-state index in [1.54, 1.807) is 20.8 Å². The molecule has 0 aliphatic heterocycles. The smallest absolute Gasteiger partial charge is 0.408 e. The Balaban J connectivity index is 0.000000308. The van der Waals surface area contributed by atoms with Gasteiger partial charge in [0.25, 0.3) is 0 Å². The Morgan fingerprint density at radius 3 is 1.73 bits per heavy atom. The summed E-state index contributed by atoms with van der Waals surface area (Å²) in [6, 6.07) is 0.862. The Labute approximate surface area is 183 Å². The molecule has 2 saturated carbocycles. The van der Waals surface area contributed by atoms with E-state index >= 15 is 0 Å². The van der Waals surface area contributed by atoms with Crippen LogP contribution in [0.5, 0.6) is 0 Å². The van der Waals surface area contributed by atoms with Gasteiger partial charge in [-0.1, -0.05) is 52.4 Å². The number of rotatable bonds is 7. The summed E-state index contributed by atoms with van der Waals surface area (Å²) in [6.07, 6.45) is 15.0. The van der Waals surface area contributed by atoms with Gasteiger partial charge in [0, 0.05) is 12.1 Å². The summed E-state index contributed by atoms with van der Waals surface area (Å²) in [5, 5.41) is 15.2. The van der Waals surface area contributed by atoms with E-state index < -0.39 is 23.7 Å². The van der Waals surface area contributed by atoms with Crippen LogP contribution in [0.15, 0.2) is 0 Å². The van der Waals surface area contributed by atoms with Gasteiger partial charge in [-0.15, -0.1) is 0 Å². The molecule has 0 aromatic rings. The summed E-state index contributed by atoms with van der Waals surface area (Å²) in [6.45, 7) is 9.21. The molecule has 6 heteroatoms. The number of carboxylic acid groups (broad SMARTS) is 1. The third kappa shape index (κ3) is 13.1. The first-order chi connectivity index (χ1) is 14.1. The molecule has 2 aliphatic rings. The van der Waals surface area contributed by atoms with Crippen molar-refractivity contribution in [3.05, 3.63) is 0 Å². The number of aliphatic carboxylic acids is 1. The Hall–Kier alpha value is -1.30. The number of hydrogen-bond donors (Lipinski definition) is 3. The number of carboxylic acids is 1. The Kier molecular flexibility index (Phi) is 12.4. The fraction of sp³-hybridized carbons (Fsp3) is 0.917. The van der Waals surface area contributed by atoms with Gasteiger partial charge in [0.05, 0.1) is 0 Å². The second-order valence-electron chi connectivity index (χ2n) is 10.3. The number of nitrogens with one attached hydrogen (secondary N) is 2. The number of carbonyl (C=O) groups excluding carboxylic acids is 1. The lowest BCUT2D eigenvalue weighted by atomic mass is 9.91. The second kappa shape index (κ2) is 13.9. The Bertz CT molecular complexity index is 474. The number of carbonyl (C=O) groups is 2. The lowest BCUT2D eigenvalue weighted by Crippen LogP contribution is -2.43. The molecule has 1 amide bonds. The summed E-state index contributed by atoms with van der Waals surface area (Å²) in [7, 11) is 0. The minimum Gasteiger partial charge on any atom is -0.480 e. The van der Waals surface area contributed by atoms with E-state index in [1.807, 2.05) is 13.8 Å². The fourth-order valence-electron chi connectivity index (χ4n) is 4.08. The van der Waals surface area contributed by atoms with Gasteiger partial charge in [0.15, 0.2) is 0 Å². The minimum absolute atomic E-state index is 0.400. The lowest BCUT2D eigenvalue weighted by Gasteiger charge is -2.30. The molecule has 2 rings (SSSR count). The van der Waals surface area contributed by atoms with Crippen LogP contribution in [0.4, 0.5) is 4.79 Å². The Morgan fingerprint density at radius 1 is 0.900 bits per heavy atom. The van der Waals surface area contributed by atoms with E-state index in [-0.39, 0.29) is 0 Å². The molecule has 0 spiro atoms. The molecule has 0 heterocycles. The summed E-state index contributed by atoms with van der Waals surface area (Å²) in [5.74, 6) is -0.631. The molecule has 0 saturated heterocycles. The molecule has 30 heavy (non-hydrogen) atoms. The molecule has 176 valence electrons. The molecule has 0 unspecified atom stereocenters. The highest BCUT2D eigenvalue weighted by molar-refractivity contribution is 5.79. The second-order valence-corrected chi connectivity index (χ2v) is 10.3. The summed E-state index contributed by atoms with van der Waals surface area (Å²) in [4.78, 5) is 22.4. The SMILES string of the molecule is C1CCC(NC2CCCCC2)CC1.CC(C)CC[C@H](NC(=O)OC(C)(C)C)C(=O)O. The van der Waals surface area contributed by atoms with Crippen LogP contribution in [-0.2, 0) is 9.53 Å². The third-order valence-electron chi connectivity index (χ3n) is 5.70. The van der Waals surface area contributed by atoms with Gasteiger partial charge < -0.3 is 20.5 Å². The summed E-state index contributed by atoms with van der Waals surface area (Å²) >= 11 is 0. The van der Waals surface area contributed by atoms with Crippen LogP contribution >= 0.6 is 0 Å². The zero-order chi connectivity index (χ0) is 22.6. The first-order valence-electron chi connectivity index (χ1n) is 12.0. The highest BCUT2D eigenvalue weighted by atomic mass is 16.6. The molecular weight excluding hydrogens is 380 g/mol. The first kappa shape index (κ1) is 26.7. The van der Waals surface area contributed by atoms with Gasteiger partial charge >= 0.3 is 12.1 Å². The van der Waals surface area contributed by atoms with Crippen LogP contribution in [0.25, 0.3) is 0 Å². The van der Waals surface area contributed by atoms with Crippen molar-refractivity contribution in [1.29, 1.82) is 0 Å². The normalized spacial score (nSPS) is 19.5. The van der Waals surface area contributed by atoms with Gasteiger partial charge in [0.1, 0.15) is 11.6 Å². The van der Waals surface area contributed by atoms with Crippen LogP contribution in [0.1, 0.15) is 112 Å². The molecule has 6 nitrogen and oxygen atoms in total. The van der Waals surface area contributed by atoms with Gasteiger partial charge in [0.2, 0.25) is 0 Å². The molecule has 0 bridgehead atoms. The molecule has 1 atom stereocenters. The Morgan fingerprint density at radius 2 is 1.37 bits per heavy atom. The number of hydrogen-bond acceptors (Lipinski definition) is 4. The van der Waals surface area contributed by atoms with Crippen LogP contribution in [0.2, 0.25) is 0 Å². The summed E-state index contributed by atoms with van der Waals surface area (Å²) in [5.41, 5.74) is -0.620.